The van der Waals surface area contributed by atoms with Crippen molar-refractivity contribution in [3.8, 4) is 0 Å². The summed E-state index contributed by atoms with van der Waals surface area (Å²) in [6.07, 6.45) is 4.45. The Morgan fingerprint density at radius 2 is 0.769 bits per heavy atom. The minimum absolute atomic E-state index is 0. The molecule has 18 atom stereocenters. The molecule has 43 heteroatoms. The van der Waals surface area contributed by atoms with E-state index in [9.17, 15) is 25.5 Å². The second kappa shape index (κ2) is 40.1. The van der Waals surface area contributed by atoms with Gasteiger partial charge in [0.1, 0.15) is 109 Å². The molecule has 0 amide bonds. The van der Waals surface area contributed by atoms with Crippen LogP contribution in [-0.2, 0) is 49.6 Å². The first kappa shape index (κ1) is 97.4. The third kappa shape index (κ3) is 19.1. The van der Waals surface area contributed by atoms with E-state index in [0.717, 1.165) is 6.42 Å². The topological polar surface area (TPSA) is 522 Å². The summed E-state index contributed by atoms with van der Waals surface area (Å²) < 4.78 is 78.1. The van der Waals surface area contributed by atoms with Gasteiger partial charge in [0.15, 0.2) is 64.6 Å². The van der Waals surface area contributed by atoms with Crippen LogP contribution < -0.4 is 22.9 Å². The molecule has 0 aliphatic carbocycles. The van der Waals surface area contributed by atoms with E-state index in [1.807, 2.05) is 11.5 Å². The van der Waals surface area contributed by atoms with Crippen molar-refractivity contribution in [1.29, 1.82) is 0 Å². The zero-order chi connectivity index (χ0) is 83.1. The molecule has 0 spiro atoms. The summed E-state index contributed by atoms with van der Waals surface area (Å²) in [7, 11) is -10.8. The minimum Gasteiger partial charge on any atom is -0.414 e. The van der Waals surface area contributed by atoms with E-state index >= 15 is 0 Å². The number of hydrogen-bond acceptors (Lipinski definition) is 34. The van der Waals surface area contributed by atoms with Crippen LogP contribution in [0.5, 0.6) is 0 Å². The predicted octanol–water partition coefficient (Wildman–Crippen LogP) is 8.00. The Hall–Kier alpha value is -5.01. The van der Waals surface area contributed by atoms with Crippen molar-refractivity contribution in [2.75, 3.05) is 49.4 Å². The summed E-state index contributed by atoms with van der Waals surface area (Å²) >= 11 is 0. The number of nitrogens with zero attached hydrogens (tertiary/aromatic N) is 16. The van der Waals surface area contributed by atoms with Gasteiger partial charge < -0.3 is 108 Å². The molecule has 15 N–H and O–H groups in total. The van der Waals surface area contributed by atoms with Crippen molar-refractivity contribution in [3.63, 3.8) is 0 Å². The molecule has 7 aliphatic heterocycles. The summed E-state index contributed by atoms with van der Waals surface area (Å²) in [5, 5.41) is 68.2. The molecule has 0 bridgehead atoms. The number of nitrogens with two attached hydrogens (primary N) is 4. The second-order valence-electron chi connectivity index (χ2n) is 33.0. The Labute approximate surface area is 724 Å². The first-order valence-corrected chi connectivity index (χ1v) is 47.5. The van der Waals surface area contributed by atoms with Gasteiger partial charge in [-0.15, -0.1) is 0 Å². The molecule has 8 unspecified atom stereocenters. The second-order valence-corrected chi connectivity index (χ2v) is 50.7. The van der Waals surface area contributed by atoms with Crippen molar-refractivity contribution in [3.05, 3.63) is 50.6 Å². The van der Waals surface area contributed by atoms with E-state index in [4.69, 9.17) is 82.8 Å². The SMILES string of the molecule is C.C.CC(C)[Si]1(C(C)C)OC[C@@H]2O[C@H](n3cnc4c(N)ncnc43)C(O)C2O[Si](C(C)C)(C(C)C)O1.CC(C)[Si]1(C(C)C)OC[C@@H]2O[C@H](n3cnc4c(N)ncnc43)CC2O[Si](C(C)C)(C(C)C)O1.CC[C@@H]1O[C@H](O)C(C)C1C.Nc1ncnc2c1ncn2[C@@H]1CC(O)[C@H](CO)O1.Nc1ncnc2c1ncn2[C@H]1O[C@@H](CO)C(O)C1O.[Ac]. The van der Waals surface area contributed by atoms with E-state index < -0.39 is 115 Å². The van der Waals surface area contributed by atoms with Crippen LogP contribution in [0.3, 0.4) is 0 Å². The van der Waals surface area contributed by atoms with Gasteiger partial charge in [-0.25, -0.2) is 59.8 Å². The third-order valence-corrected chi connectivity index (χ3v) is 43.9. The summed E-state index contributed by atoms with van der Waals surface area (Å²) in [6.45, 7) is 41.6. The molecule has 7 saturated heterocycles. The maximum Gasteiger partial charge on any atom is 0.335 e. The maximum atomic E-state index is 11.5. The zero-order valence-corrected chi connectivity index (χ0v) is 78.0. The molecule has 8 aromatic rings. The molecule has 117 heavy (non-hydrogen) atoms. The van der Waals surface area contributed by atoms with Crippen LogP contribution in [0.25, 0.3) is 44.7 Å². The Kier molecular flexibility index (Phi) is 33.4. The van der Waals surface area contributed by atoms with Crippen molar-refractivity contribution in [1.82, 2.24) is 78.1 Å². The first-order chi connectivity index (χ1) is 54.0. The molecule has 15 heterocycles. The van der Waals surface area contributed by atoms with Gasteiger partial charge in [0.05, 0.1) is 70.0 Å². The average Bonchev–Trinajstić information content (AvgIpc) is 1.71. The first-order valence-electron chi connectivity index (χ1n) is 39.6. The van der Waals surface area contributed by atoms with E-state index in [1.54, 1.807) is 28.1 Å². The number of hydrogen-bond donors (Lipinski definition) is 11. The van der Waals surface area contributed by atoms with E-state index in [0.29, 0.717) is 105 Å². The molecule has 1 radical (unpaired) electrons. The van der Waals surface area contributed by atoms with Crippen molar-refractivity contribution < 1.29 is 129 Å². The van der Waals surface area contributed by atoms with E-state index in [2.05, 4.69) is 184 Å². The summed E-state index contributed by atoms with van der Waals surface area (Å²) in [5.41, 5.74) is 29.3. The van der Waals surface area contributed by atoms with Crippen molar-refractivity contribution >= 4 is 102 Å². The van der Waals surface area contributed by atoms with E-state index in [1.165, 1.54) is 36.2 Å². The van der Waals surface area contributed by atoms with Gasteiger partial charge in [0.25, 0.3) is 0 Å². The number of fused-ring (bicyclic) bond motifs is 6. The molecule has 8 aromatic heterocycles. The number of rotatable bonds is 15. The monoisotopic (exact) mass is 1920 g/mol. The fourth-order valence-electron chi connectivity index (χ4n) is 16.6. The van der Waals surface area contributed by atoms with Gasteiger partial charge >= 0.3 is 34.2 Å². The maximum absolute atomic E-state index is 11.5. The van der Waals surface area contributed by atoms with Crippen LogP contribution in [0.1, 0.15) is 191 Å². The summed E-state index contributed by atoms with van der Waals surface area (Å²) in [6, 6.07) is 0. The van der Waals surface area contributed by atoms with Gasteiger partial charge in [-0.2, -0.15) is 0 Å². The standard InChI is InChI=1S/C22H39N5O5Si2.C22H39N5O4Si2.C10H13N5O4.C10H13N5O3.C8H16O2.2CH4.Ac/c1-12(2)33(13(3)4)29-9-16-19(31-34(32-33,14(5)6)15(7)8)18(28)22(30-16)27-11-26-17-20(23)24-10-25-21(17)27;1-13(2)32(14(3)4)28-10-18-17(30-33(31-32,15(5)6)16(7)8)9-19(29-18)27-12-26-20-21(23)24-11-25-22(20)27;11-8-5-9(13-2-12-8)15(3-14-5)10-7(18)6(17)4(1-16)19-10;11-9-8-10(13-3-12-9)15(4-14-8)7-1-5(17)6(2-16)18-7;1-4-7-5(2)6(3)8(9)10-7;;;/h10-16,18-19,22,28H,9H2,1-8H3,(H2,23,24,25);11-19H,9-10H2,1-8H3,(H2,23,24,25);2-4,6-7,10,16-18H,1H2,(H2,11,12,13);3-7,16-17H,1-2H2,(H2,11,12,13);5-9H,4H2,1-3H3;2*1H4;/t16-,18?,19?,22-;17?,18-,19-;4-,6?,7?,10-;5?,6-,7-;5?,6?,7-,8-;;;/m00000.../s1. The van der Waals surface area contributed by atoms with Crippen LogP contribution in [-0.4, -0.2) is 248 Å². The molecule has 0 saturated carbocycles. The van der Waals surface area contributed by atoms with Crippen LogP contribution in [0.2, 0.25) is 44.3 Å². The van der Waals surface area contributed by atoms with Gasteiger partial charge in [-0.05, 0) is 56.7 Å². The number of aliphatic hydroxyl groups is 7. The Morgan fingerprint density at radius 1 is 0.402 bits per heavy atom. The fraction of sp³-hybridized carbons (Fsp3) is 0.730. The number of anilines is 4. The van der Waals surface area contributed by atoms with Crippen LogP contribution in [0.15, 0.2) is 50.6 Å². The Balaban J connectivity index is 0.000000191. The molecule has 0 aromatic carbocycles. The molecule has 15 rings (SSSR count). The molecule has 38 nitrogen and oxygen atoms in total. The largest absolute Gasteiger partial charge is 0.414 e. The number of ether oxygens (including phenoxy) is 5. The average molecular weight is 1930 g/mol. The molecule has 7 fully saturated rings. The molecular formula is C74H128AcN20O18Si4. The Morgan fingerprint density at radius 3 is 1.12 bits per heavy atom. The third-order valence-electron chi connectivity index (χ3n) is 23.4. The number of nitrogen functional groups attached to an aromatic ring is 4. The predicted molar refractivity (Wildman–Crippen MR) is 443 cm³/mol. The molecule has 7 aliphatic rings. The number of aliphatic hydroxyl groups excluding tert-OH is 7. The smallest absolute Gasteiger partial charge is 0.335 e. The summed E-state index contributed by atoms with van der Waals surface area (Å²) in [4.78, 5) is 49.5. The van der Waals surface area contributed by atoms with Crippen LogP contribution in [0.4, 0.5) is 23.3 Å². The summed E-state index contributed by atoms with van der Waals surface area (Å²) in [5.74, 6) is 1.97. The van der Waals surface area contributed by atoms with Crippen LogP contribution in [0, 0.1) is 55.9 Å². The Bertz CT molecular complexity index is 4470. The molecule has 651 valence electrons. The van der Waals surface area contributed by atoms with Gasteiger partial charge in [0, 0.05) is 62.8 Å². The quantitative estimate of drug-likeness (QED) is 0.0433. The number of aromatic nitrogens is 16. The normalized spacial score (nSPS) is 29.7. The minimum atomic E-state index is -2.86. The van der Waals surface area contributed by atoms with Crippen LogP contribution >= 0.6 is 0 Å². The van der Waals surface area contributed by atoms with Gasteiger partial charge in [-0.1, -0.05) is 146 Å². The van der Waals surface area contributed by atoms with Crippen molar-refractivity contribution in [2.24, 2.45) is 11.8 Å². The van der Waals surface area contributed by atoms with Gasteiger partial charge in [0.2, 0.25) is 0 Å². The van der Waals surface area contributed by atoms with Gasteiger partial charge in [-0.3, -0.25) is 18.3 Å². The van der Waals surface area contributed by atoms with Crippen molar-refractivity contribution in [2.45, 2.75) is 308 Å². The van der Waals surface area contributed by atoms with E-state index in [-0.39, 0.29) is 135 Å². The molecular weight excluding hydrogens is 1800 g/mol. The zero-order valence-electron chi connectivity index (χ0n) is 69.2. The number of imidazole rings is 4. The fourth-order valence-corrected chi connectivity index (χ4v) is 39.0.